The average molecular weight is 253 g/mol. The van der Waals surface area contributed by atoms with Crippen LogP contribution in [0.1, 0.15) is 10.4 Å². The van der Waals surface area contributed by atoms with E-state index in [1.165, 1.54) is 11.5 Å². The molecule has 0 bridgehead atoms. The van der Waals surface area contributed by atoms with E-state index in [0.29, 0.717) is 5.25 Å². The zero-order valence-electron chi connectivity index (χ0n) is 9.02. The van der Waals surface area contributed by atoms with E-state index in [-0.39, 0.29) is 5.91 Å². The summed E-state index contributed by atoms with van der Waals surface area (Å²) in [6, 6.07) is 9.39. The summed E-state index contributed by atoms with van der Waals surface area (Å²) in [6.45, 7) is 0.783. The van der Waals surface area contributed by atoms with Gasteiger partial charge in [-0.1, -0.05) is 18.2 Å². The maximum absolute atomic E-state index is 11.8. The highest BCUT2D eigenvalue weighted by atomic mass is 32.2. The van der Waals surface area contributed by atoms with Gasteiger partial charge in [-0.25, -0.2) is 0 Å². The molecule has 86 valence electrons. The van der Waals surface area contributed by atoms with E-state index >= 15 is 0 Å². The van der Waals surface area contributed by atoms with E-state index in [4.69, 9.17) is 0 Å². The van der Waals surface area contributed by atoms with Gasteiger partial charge >= 0.3 is 0 Å². The van der Waals surface area contributed by atoms with Gasteiger partial charge in [-0.2, -0.15) is 23.5 Å². The molecule has 0 saturated carbocycles. The van der Waals surface area contributed by atoms with Crippen LogP contribution in [-0.2, 0) is 0 Å². The van der Waals surface area contributed by atoms with Crippen LogP contribution in [0.3, 0.4) is 0 Å². The first-order chi connectivity index (χ1) is 7.86. The fourth-order valence-corrected chi connectivity index (χ4v) is 4.16. The average Bonchev–Trinajstić information content (AvgIpc) is 2.38. The third-order valence-electron chi connectivity index (χ3n) is 2.41. The Bertz CT molecular complexity index is 336. The number of hydrogen-bond acceptors (Lipinski definition) is 3. The zero-order chi connectivity index (χ0) is 11.2. The molecule has 1 N–H and O–H groups in total. The summed E-state index contributed by atoms with van der Waals surface area (Å²) < 4.78 is 0. The molecule has 1 aliphatic heterocycles. The van der Waals surface area contributed by atoms with Crippen LogP contribution in [0.15, 0.2) is 30.3 Å². The largest absolute Gasteiger partial charge is 0.351 e. The van der Waals surface area contributed by atoms with Crippen LogP contribution < -0.4 is 5.32 Å². The van der Waals surface area contributed by atoms with Crippen molar-refractivity contribution >= 4 is 29.4 Å². The molecule has 1 unspecified atom stereocenters. The summed E-state index contributed by atoms with van der Waals surface area (Å²) in [4.78, 5) is 11.8. The minimum absolute atomic E-state index is 0.0387. The lowest BCUT2D eigenvalue weighted by Gasteiger charge is -2.21. The van der Waals surface area contributed by atoms with Crippen LogP contribution in [0.5, 0.6) is 0 Å². The first-order valence-electron chi connectivity index (χ1n) is 5.39. The summed E-state index contributed by atoms with van der Waals surface area (Å²) in [7, 11) is 0. The van der Waals surface area contributed by atoms with E-state index in [1.807, 2.05) is 53.9 Å². The molecular weight excluding hydrogens is 238 g/mol. The second-order valence-corrected chi connectivity index (χ2v) is 6.20. The standard InChI is InChI=1S/C12H15NOS2/c14-12(10-4-2-1-3-5-10)13-8-11-9-15-6-7-16-11/h1-5,11H,6-9H2,(H,13,14). The van der Waals surface area contributed by atoms with Gasteiger partial charge in [0, 0.05) is 34.6 Å². The number of rotatable bonds is 3. The van der Waals surface area contributed by atoms with Crippen molar-refractivity contribution in [2.24, 2.45) is 0 Å². The van der Waals surface area contributed by atoms with Gasteiger partial charge in [0.25, 0.3) is 5.91 Å². The van der Waals surface area contributed by atoms with Crippen molar-refractivity contribution in [3.05, 3.63) is 35.9 Å². The van der Waals surface area contributed by atoms with Crippen molar-refractivity contribution in [2.75, 3.05) is 23.8 Å². The number of nitrogens with one attached hydrogen (secondary N) is 1. The molecule has 0 aliphatic carbocycles. The molecule has 0 spiro atoms. The third kappa shape index (κ3) is 3.46. The second kappa shape index (κ2) is 6.21. The van der Waals surface area contributed by atoms with Gasteiger partial charge in [0.15, 0.2) is 0 Å². The SMILES string of the molecule is O=C(NCC1CSCCS1)c1ccccc1. The summed E-state index contributed by atoms with van der Waals surface area (Å²) in [6.07, 6.45) is 0. The number of hydrogen-bond donors (Lipinski definition) is 1. The lowest BCUT2D eigenvalue weighted by molar-refractivity contribution is 0.0954. The fraction of sp³-hybridized carbons (Fsp3) is 0.417. The normalized spacial score (nSPS) is 20.4. The summed E-state index contributed by atoms with van der Waals surface area (Å²) in [5, 5.41) is 3.57. The Hall–Kier alpha value is -0.610. The highest BCUT2D eigenvalue weighted by Gasteiger charge is 2.15. The molecule has 4 heteroatoms. The number of carbonyl (C=O) groups excluding carboxylic acids is 1. The van der Waals surface area contributed by atoms with Crippen molar-refractivity contribution in [1.29, 1.82) is 0 Å². The van der Waals surface area contributed by atoms with Crippen LogP contribution >= 0.6 is 23.5 Å². The van der Waals surface area contributed by atoms with E-state index in [0.717, 1.165) is 17.9 Å². The smallest absolute Gasteiger partial charge is 0.251 e. The zero-order valence-corrected chi connectivity index (χ0v) is 10.7. The predicted octanol–water partition coefficient (Wildman–Crippen LogP) is 2.27. The van der Waals surface area contributed by atoms with Gasteiger partial charge in [0.05, 0.1) is 0 Å². The molecule has 0 radical (unpaired) electrons. The van der Waals surface area contributed by atoms with Gasteiger partial charge in [0.2, 0.25) is 0 Å². The molecule has 1 aromatic carbocycles. The molecule has 2 rings (SSSR count). The number of carbonyl (C=O) groups is 1. The van der Waals surface area contributed by atoms with Crippen molar-refractivity contribution in [2.45, 2.75) is 5.25 Å². The van der Waals surface area contributed by atoms with Crippen LogP contribution in [-0.4, -0.2) is 35.0 Å². The van der Waals surface area contributed by atoms with Crippen LogP contribution in [0, 0.1) is 0 Å². The lowest BCUT2D eigenvalue weighted by atomic mass is 10.2. The third-order valence-corrected chi connectivity index (χ3v) is 5.26. The lowest BCUT2D eigenvalue weighted by Crippen LogP contribution is -2.33. The maximum Gasteiger partial charge on any atom is 0.251 e. The fourth-order valence-electron chi connectivity index (χ4n) is 1.55. The van der Waals surface area contributed by atoms with Crippen LogP contribution in [0.4, 0.5) is 0 Å². The Kier molecular flexibility index (Phi) is 4.60. The van der Waals surface area contributed by atoms with Gasteiger partial charge in [-0.05, 0) is 12.1 Å². The maximum atomic E-state index is 11.8. The molecule has 1 fully saturated rings. The molecule has 1 heterocycles. The summed E-state index contributed by atoms with van der Waals surface area (Å²) in [5.74, 6) is 3.64. The monoisotopic (exact) mass is 253 g/mol. The minimum atomic E-state index is 0.0387. The Morgan fingerprint density at radius 1 is 1.31 bits per heavy atom. The minimum Gasteiger partial charge on any atom is -0.351 e. The van der Waals surface area contributed by atoms with Gasteiger partial charge in [-0.15, -0.1) is 0 Å². The molecule has 2 nitrogen and oxygen atoms in total. The molecule has 0 aromatic heterocycles. The second-order valence-electron chi connectivity index (χ2n) is 3.64. The Balaban J connectivity index is 1.79. The molecular formula is C12H15NOS2. The number of benzene rings is 1. The molecule has 1 atom stereocenters. The number of amides is 1. The van der Waals surface area contributed by atoms with E-state index < -0.39 is 0 Å². The molecule has 1 saturated heterocycles. The van der Waals surface area contributed by atoms with Crippen LogP contribution in [0.2, 0.25) is 0 Å². The molecule has 16 heavy (non-hydrogen) atoms. The first kappa shape index (κ1) is 11.9. The van der Waals surface area contributed by atoms with E-state index in [1.54, 1.807) is 0 Å². The van der Waals surface area contributed by atoms with Gasteiger partial charge in [0.1, 0.15) is 0 Å². The van der Waals surface area contributed by atoms with Gasteiger partial charge < -0.3 is 5.32 Å². The highest BCUT2D eigenvalue weighted by Crippen LogP contribution is 2.23. The quantitative estimate of drug-likeness (QED) is 0.896. The van der Waals surface area contributed by atoms with E-state index in [9.17, 15) is 4.79 Å². The van der Waals surface area contributed by atoms with Crippen molar-refractivity contribution in [3.8, 4) is 0 Å². The Labute approximate surface area is 105 Å². The first-order valence-corrected chi connectivity index (χ1v) is 7.59. The summed E-state index contributed by atoms with van der Waals surface area (Å²) >= 11 is 3.94. The predicted molar refractivity (Wildman–Crippen MR) is 72.3 cm³/mol. The van der Waals surface area contributed by atoms with Crippen LogP contribution in [0.25, 0.3) is 0 Å². The van der Waals surface area contributed by atoms with Crippen molar-refractivity contribution < 1.29 is 4.79 Å². The molecule has 1 aliphatic rings. The number of thioether (sulfide) groups is 2. The van der Waals surface area contributed by atoms with E-state index in [2.05, 4.69) is 5.32 Å². The topological polar surface area (TPSA) is 29.1 Å². The Morgan fingerprint density at radius 3 is 2.81 bits per heavy atom. The highest BCUT2D eigenvalue weighted by molar-refractivity contribution is 8.06. The molecule has 1 amide bonds. The molecule has 1 aromatic rings. The Morgan fingerprint density at radius 2 is 2.12 bits per heavy atom. The summed E-state index contributed by atoms with van der Waals surface area (Å²) in [5.41, 5.74) is 0.746. The van der Waals surface area contributed by atoms with Crippen molar-refractivity contribution in [3.63, 3.8) is 0 Å². The van der Waals surface area contributed by atoms with Crippen molar-refractivity contribution in [1.82, 2.24) is 5.32 Å². The van der Waals surface area contributed by atoms with Gasteiger partial charge in [-0.3, -0.25) is 4.79 Å².